The fraction of sp³-hybridized carbons (Fsp3) is 0.167. The van der Waals surface area contributed by atoms with Crippen LogP contribution in [-0.4, -0.2) is 21.9 Å². The largest absolute Gasteiger partial charge is 0.406 e. The molecule has 0 aliphatic heterocycles. The van der Waals surface area contributed by atoms with Gasteiger partial charge >= 0.3 is 6.18 Å². The third-order valence-corrected chi connectivity index (χ3v) is 2.20. The van der Waals surface area contributed by atoms with E-state index in [2.05, 4.69) is 23.2 Å². The van der Waals surface area contributed by atoms with E-state index in [4.69, 9.17) is 16.4 Å². The smallest absolute Gasteiger partial charge is 0.323 e. The molecule has 2 aromatic rings. The van der Waals surface area contributed by atoms with Gasteiger partial charge in [-0.25, -0.2) is 15.5 Å². The van der Waals surface area contributed by atoms with Crippen molar-refractivity contribution in [3.05, 3.63) is 30.1 Å². The highest BCUT2D eigenvalue weighted by molar-refractivity contribution is 5.86. The average molecular weight is 296 g/mol. The summed E-state index contributed by atoms with van der Waals surface area (Å²) in [6.07, 6.45) is -0.0986. The maximum atomic E-state index is 12.3. The van der Waals surface area contributed by atoms with Gasteiger partial charge in [-0.3, -0.25) is 0 Å². The van der Waals surface area contributed by atoms with Gasteiger partial charge < -0.3 is 10.4 Å². The monoisotopic (exact) mass is 296 g/mol. The summed E-state index contributed by atoms with van der Waals surface area (Å²) >= 11 is 0. The first kappa shape index (κ1) is 17.9. The SMILES string of the molecule is C#N.C#N.NN=Cc1cnc2c(ccn2CC(F)(F)F)c1. The van der Waals surface area contributed by atoms with E-state index >= 15 is 0 Å². The molecule has 0 bridgehead atoms. The fourth-order valence-corrected chi connectivity index (χ4v) is 1.57. The van der Waals surface area contributed by atoms with Crippen LogP contribution < -0.4 is 5.84 Å². The first-order valence-corrected chi connectivity index (χ1v) is 5.26. The normalized spacial score (nSPS) is 10.4. The van der Waals surface area contributed by atoms with Gasteiger partial charge in [0.15, 0.2) is 0 Å². The summed E-state index contributed by atoms with van der Waals surface area (Å²) in [6.45, 7) is 5.95. The molecule has 2 heterocycles. The highest BCUT2D eigenvalue weighted by Crippen LogP contribution is 2.21. The molecule has 0 atom stereocenters. The number of nitrogens with two attached hydrogens (primary N) is 1. The summed E-state index contributed by atoms with van der Waals surface area (Å²) in [5.41, 5.74) is 0.932. The zero-order valence-corrected chi connectivity index (χ0v) is 10.7. The second kappa shape index (κ2) is 8.17. The Morgan fingerprint density at radius 1 is 1.33 bits per heavy atom. The number of hydrogen-bond donors (Lipinski definition) is 1. The molecule has 0 fully saturated rings. The van der Waals surface area contributed by atoms with E-state index in [9.17, 15) is 13.2 Å². The van der Waals surface area contributed by atoms with Gasteiger partial charge in [0.1, 0.15) is 12.2 Å². The van der Waals surface area contributed by atoms with Crippen LogP contribution in [0.1, 0.15) is 5.56 Å². The van der Waals surface area contributed by atoms with Crippen molar-refractivity contribution in [1.29, 1.82) is 10.5 Å². The predicted octanol–water partition coefficient (Wildman–Crippen LogP) is 2.17. The summed E-state index contributed by atoms with van der Waals surface area (Å²) in [5, 5.41) is 16.9. The van der Waals surface area contributed by atoms with Crippen molar-refractivity contribution in [2.75, 3.05) is 0 Å². The van der Waals surface area contributed by atoms with Gasteiger partial charge in [-0.15, -0.1) is 0 Å². The zero-order valence-electron chi connectivity index (χ0n) is 10.7. The highest BCUT2D eigenvalue weighted by Gasteiger charge is 2.28. The Labute approximate surface area is 118 Å². The second-order valence-corrected chi connectivity index (χ2v) is 3.52. The van der Waals surface area contributed by atoms with E-state index in [1.54, 1.807) is 12.1 Å². The van der Waals surface area contributed by atoms with E-state index < -0.39 is 12.7 Å². The number of hydrogen-bond acceptors (Lipinski definition) is 5. The standard InChI is InChI=1S/C10H9F3N4.2CHN/c11-10(12,13)6-17-2-1-8-3-7(5-16-14)4-15-9(8)17;2*1-2/h1-5H,6,14H2;2*1H. The second-order valence-electron chi connectivity index (χ2n) is 3.52. The van der Waals surface area contributed by atoms with Crippen LogP contribution in [0.15, 0.2) is 29.6 Å². The molecule has 0 radical (unpaired) electrons. The molecule has 0 saturated heterocycles. The van der Waals surface area contributed by atoms with Gasteiger partial charge in [-0.2, -0.15) is 18.3 Å². The van der Waals surface area contributed by atoms with Crippen LogP contribution in [0, 0.1) is 23.7 Å². The van der Waals surface area contributed by atoms with Gasteiger partial charge in [0, 0.05) is 36.5 Å². The van der Waals surface area contributed by atoms with Crippen molar-refractivity contribution < 1.29 is 13.2 Å². The molecule has 0 unspecified atom stereocenters. The van der Waals surface area contributed by atoms with Crippen LogP contribution in [0.25, 0.3) is 11.0 Å². The third kappa shape index (κ3) is 5.20. The van der Waals surface area contributed by atoms with E-state index in [-0.39, 0.29) is 5.65 Å². The molecule has 21 heavy (non-hydrogen) atoms. The molecular formula is C12H11F3N6. The number of hydrazone groups is 1. The number of rotatable bonds is 2. The molecule has 0 aliphatic rings. The molecule has 9 heteroatoms. The number of nitriles is 2. The number of halogens is 3. The van der Waals surface area contributed by atoms with Crippen molar-refractivity contribution in [2.45, 2.75) is 12.7 Å². The van der Waals surface area contributed by atoms with E-state index in [0.29, 0.717) is 10.9 Å². The topological polar surface area (TPSA) is 104 Å². The number of fused-ring (bicyclic) bond motifs is 1. The summed E-state index contributed by atoms with van der Waals surface area (Å²) in [7, 11) is 0. The Morgan fingerprint density at radius 2 is 1.95 bits per heavy atom. The van der Waals surface area contributed by atoms with Crippen LogP contribution in [-0.2, 0) is 6.54 Å². The van der Waals surface area contributed by atoms with Crippen LogP contribution in [0.5, 0.6) is 0 Å². The fourth-order valence-electron chi connectivity index (χ4n) is 1.57. The summed E-state index contributed by atoms with van der Waals surface area (Å²) in [4.78, 5) is 3.96. The highest BCUT2D eigenvalue weighted by atomic mass is 19.4. The van der Waals surface area contributed by atoms with Crippen LogP contribution in [0.3, 0.4) is 0 Å². The molecule has 110 valence electrons. The number of alkyl halides is 3. The summed E-state index contributed by atoms with van der Waals surface area (Å²) in [5.74, 6) is 4.98. The Hall–Kier alpha value is -3.07. The van der Waals surface area contributed by atoms with Crippen LogP contribution >= 0.6 is 0 Å². The lowest BCUT2D eigenvalue weighted by atomic mass is 10.2. The zero-order chi connectivity index (χ0) is 16.5. The molecule has 0 spiro atoms. The first-order valence-electron chi connectivity index (χ1n) is 5.26. The molecule has 6 nitrogen and oxygen atoms in total. The van der Waals surface area contributed by atoms with Gasteiger partial charge in [0.2, 0.25) is 0 Å². The van der Waals surface area contributed by atoms with Gasteiger partial charge in [-0.1, -0.05) is 0 Å². The first-order chi connectivity index (χ1) is 9.99. The molecule has 0 amide bonds. The maximum Gasteiger partial charge on any atom is 0.406 e. The van der Waals surface area contributed by atoms with Crippen molar-refractivity contribution in [3.8, 4) is 13.1 Å². The Morgan fingerprint density at radius 3 is 2.48 bits per heavy atom. The van der Waals surface area contributed by atoms with Gasteiger partial charge in [0.05, 0.1) is 6.21 Å². The van der Waals surface area contributed by atoms with Crippen LogP contribution in [0.4, 0.5) is 13.2 Å². The van der Waals surface area contributed by atoms with Gasteiger partial charge in [0.25, 0.3) is 0 Å². The number of aromatic nitrogens is 2. The number of nitrogens with zero attached hydrogens (tertiary/aromatic N) is 5. The quantitative estimate of drug-likeness (QED) is 0.521. The van der Waals surface area contributed by atoms with Crippen LogP contribution in [0.2, 0.25) is 0 Å². The third-order valence-electron chi connectivity index (χ3n) is 2.20. The van der Waals surface area contributed by atoms with E-state index in [1.165, 1.54) is 18.6 Å². The molecule has 2 N–H and O–H groups in total. The molecule has 0 aliphatic carbocycles. The van der Waals surface area contributed by atoms with Gasteiger partial charge in [-0.05, 0) is 12.1 Å². The Balaban J connectivity index is 0.000000921. The predicted molar refractivity (Wildman–Crippen MR) is 70.9 cm³/mol. The Bertz CT molecular complexity index is 632. The minimum atomic E-state index is -4.26. The van der Waals surface area contributed by atoms with Crippen molar-refractivity contribution in [1.82, 2.24) is 9.55 Å². The van der Waals surface area contributed by atoms with Crippen molar-refractivity contribution in [2.24, 2.45) is 10.9 Å². The lowest BCUT2D eigenvalue weighted by molar-refractivity contribution is -0.139. The average Bonchev–Trinajstić information content (AvgIpc) is 2.84. The van der Waals surface area contributed by atoms with Crippen molar-refractivity contribution >= 4 is 17.2 Å². The minimum Gasteiger partial charge on any atom is -0.323 e. The molecule has 0 aromatic carbocycles. The minimum absolute atomic E-state index is 0.288. The van der Waals surface area contributed by atoms with Crippen molar-refractivity contribution in [3.63, 3.8) is 0 Å². The Kier molecular flexibility index (Phi) is 6.98. The lowest BCUT2D eigenvalue weighted by Gasteiger charge is -2.08. The molecule has 0 saturated carbocycles. The number of pyridine rings is 1. The van der Waals surface area contributed by atoms with E-state index in [0.717, 1.165) is 4.57 Å². The molecular weight excluding hydrogens is 285 g/mol. The summed E-state index contributed by atoms with van der Waals surface area (Å²) < 4.78 is 37.8. The lowest BCUT2D eigenvalue weighted by Crippen LogP contribution is -2.17. The van der Waals surface area contributed by atoms with E-state index in [1.807, 2.05) is 0 Å². The molecule has 2 rings (SSSR count). The molecule has 2 aromatic heterocycles. The maximum absolute atomic E-state index is 12.3. The summed E-state index contributed by atoms with van der Waals surface area (Å²) in [6, 6.07) is 3.24.